The second-order valence-corrected chi connectivity index (χ2v) is 5.79. The molecule has 0 spiro atoms. The lowest BCUT2D eigenvalue weighted by Crippen LogP contribution is -2.38. The molecule has 1 amide bonds. The molecule has 1 unspecified atom stereocenters. The molecule has 0 aromatic heterocycles. The molecular weight excluding hydrogens is 236 g/mol. The van der Waals surface area contributed by atoms with Gasteiger partial charge in [0, 0.05) is 26.1 Å². The Morgan fingerprint density at radius 2 is 1.84 bits per heavy atom. The normalized spacial score (nSPS) is 13.1. The Hall–Kier alpha value is -1.35. The number of benzene rings is 1. The summed E-state index contributed by atoms with van der Waals surface area (Å²) in [7, 11) is 0. The van der Waals surface area contributed by atoms with Gasteiger partial charge in [0.15, 0.2) is 0 Å². The van der Waals surface area contributed by atoms with Crippen LogP contribution in [0, 0.1) is 0 Å². The first kappa shape index (κ1) is 15.7. The number of hydrogen-bond donors (Lipinski definition) is 2. The Kier molecular flexibility index (Phi) is 6.03. The third kappa shape index (κ3) is 5.88. The van der Waals surface area contributed by atoms with E-state index in [2.05, 4.69) is 61.7 Å². The fraction of sp³-hybridized carbons (Fsp3) is 0.562. The van der Waals surface area contributed by atoms with Crippen LogP contribution in [-0.2, 0) is 10.2 Å². The Morgan fingerprint density at radius 3 is 2.42 bits per heavy atom. The van der Waals surface area contributed by atoms with E-state index in [0.717, 1.165) is 13.0 Å². The van der Waals surface area contributed by atoms with Crippen LogP contribution in [0.25, 0.3) is 0 Å². The van der Waals surface area contributed by atoms with Crippen LogP contribution in [0.15, 0.2) is 30.3 Å². The maximum Gasteiger partial charge on any atom is 0.216 e. The van der Waals surface area contributed by atoms with E-state index in [-0.39, 0.29) is 11.3 Å². The van der Waals surface area contributed by atoms with E-state index in [1.165, 1.54) is 5.56 Å². The molecule has 0 aliphatic rings. The van der Waals surface area contributed by atoms with E-state index >= 15 is 0 Å². The minimum absolute atomic E-state index is 0.0269. The zero-order valence-electron chi connectivity index (χ0n) is 12.5. The highest BCUT2D eigenvalue weighted by molar-refractivity contribution is 5.72. The first-order valence-corrected chi connectivity index (χ1v) is 6.95. The highest BCUT2D eigenvalue weighted by Crippen LogP contribution is 2.27. The summed E-state index contributed by atoms with van der Waals surface area (Å²) in [5, 5.41) is 6.24. The second-order valence-electron chi connectivity index (χ2n) is 5.79. The van der Waals surface area contributed by atoms with E-state index in [1.54, 1.807) is 6.92 Å². The van der Waals surface area contributed by atoms with Gasteiger partial charge in [-0.25, -0.2) is 0 Å². The largest absolute Gasteiger partial charge is 0.355 e. The molecule has 1 rings (SSSR count). The third-order valence-electron chi connectivity index (χ3n) is 3.36. The van der Waals surface area contributed by atoms with Crippen molar-refractivity contribution in [1.82, 2.24) is 10.6 Å². The van der Waals surface area contributed by atoms with Crippen LogP contribution < -0.4 is 10.6 Å². The topological polar surface area (TPSA) is 41.1 Å². The molecule has 0 saturated carbocycles. The number of carbonyl (C=O) groups is 1. The molecule has 0 fully saturated rings. The number of rotatable bonds is 7. The van der Waals surface area contributed by atoms with Crippen LogP contribution in [-0.4, -0.2) is 25.0 Å². The van der Waals surface area contributed by atoms with Crippen molar-refractivity contribution in [3.63, 3.8) is 0 Å². The lowest BCUT2D eigenvalue weighted by molar-refractivity contribution is -0.118. The lowest BCUT2D eigenvalue weighted by atomic mass is 9.79. The average Bonchev–Trinajstić information content (AvgIpc) is 2.35. The molecule has 0 radical (unpaired) electrons. The van der Waals surface area contributed by atoms with Gasteiger partial charge in [0.25, 0.3) is 0 Å². The molecule has 106 valence electrons. The molecule has 0 aliphatic carbocycles. The zero-order chi connectivity index (χ0) is 14.3. The van der Waals surface area contributed by atoms with Crippen LogP contribution in [0.1, 0.15) is 39.7 Å². The standard InChI is InChI=1S/C16H26N2O/c1-13(17-10-11-18-14(2)19)12-16(3,4)15-8-6-5-7-9-15/h5-9,13,17H,10-12H2,1-4H3,(H,18,19). The molecule has 3 nitrogen and oxygen atoms in total. The van der Waals surface area contributed by atoms with Gasteiger partial charge < -0.3 is 10.6 Å². The molecule has 0 saturated heterocycles. The summed E-state index contributed by atoms with van der Waals surface area (Å²) in [6, 6.07) is 11.0. The van der Waals surface area contributed by atoms with Crippen LogP contribution >= 0.6 is 0 Å². The quantitative estimate of drug-likeness (QED) is 0.741. The van der Waals surface area contributed by atoms with E-state index in [1.807, 2.05) is 0 Å². The second kappa shape index (κ2) is 7.29. The van der Waals surface area contributed by atoms with Gasteiger partial charge in [-0.05, 0) is 24.3 Å². The van der Waals surface area contributed by atoms with Crippen molar-refractivity contribution in [3.05, 3.63) is 35.9 Å². The van der Waals surface area contributed by atoms with E-state index in [9.17, 15) is 4.79 Å². The molecular formula is C16H26N2O. The maximum absolute atomic E-state index is 10.8. The summed E-state index contributed by atoms with van der Waals surface area (Å²) >= 11 is 0. The summed E-state index contributed by atoms with van der Waals surface area (Å²) < 4.78 is 0. The van der Waals surface area contributed by atoms with Gasteiger partial charge >= 0.3 is 0 Å². The third-order valence-corrected chi connectivity index (χ3v) is 3.36. The van der Waals surface area contributed by atoms with Gasteiger partial charge in [-0.1, -0.05) is 44.2 Å². The Bertz CT molecular complexity index is 387. The Morgan fingerprint density at radius 1 is 1.21 bits per heavy atom. The molecule has 1 aromatic rings. The van der Waals surface area contributed by atoms with E-state index in [4.69, 9.17) is 0 Å². The van der Waals surface area contributed by atoms with Gasteiger partial charge in [-0.3, -0.25) is 4.79 Å². The van der Waals surface area contributed by atoms with Gasteiger partial charge in [0.1, 0.15) is 0 Å². The molecule has 0 heterocycles. The van der Waals surface area contributed by atoms with Gasteiger partial charge in [-0.15, -0.1) is 0 Å². The van der Waals surface area contributed by atoms with E-state index < -0.39 is 0 Å². The van der Waals surface area contributed by atoms with E-state index in [0.29, 0.717) is 12.6 Å². The summed E-state index contributed by atoms with van der Waals surface area (Å²) in [5.41, 5.74) is 1.52. The van der Waals surface area contributed by atoms with Crippen LogP contribution in [0.3, 0.4) is 0 Å². The van der Waals surface area contributed by atoms with Crippen LogP contribution in [0.5, 0.6) is 0 Å². The maximum atomic E-state index is 10.8. The SMILES string of the molecule is CC(=O)NCCNC(C)CC(C)(C)c1ccccc1. The number of carbonyl (C=O) groups excluding carboxylic acids is 1. The van der Waals surface area contributed by atoms with Crippen LogP contribution in [0.2, 0.25) is 0 Å². The molecule has 2 N–H and O–H groups in total. The summed E-state index contributed by atoms with van der Waals surface area (Å²) in [6.07, 6.45) is 1.07. The fourth-order valence-electron chi connectivity index (χ4n) is 2.40. The molecule has 0 aliphatic heterocycles. The first-order chi connectivity index (χ1) is 8.92. The summed E-state index contributed by atoms with van der Waals surface area (Å²) in [5.74, 6) is 0.0269. The number of amides is 1. The lowest BCUT2D eigenvalue weighted by Gasteiger charge is -2.29. The predicted octanol–water partition coefficient (Wildman–Crippen LogP) is 2.47. The van der Waals surface area contributed by atoms with Crippen molar-refractivity contribution >= 4 is 5.91 Å². The Labute approximate surface area is 116 Å². The molecule has 0 bridgehead atoms. The number of nitrogens with one attached hydrogen (secondary N) is 2. The Balaban J connectivity index is 2.38. The fourth-order valence-corrected chi connectivity index (χ4v) is 2.40. The van der Waals surface area contributed by atoms with Crippen molar-refractivity contribution < 1.29 is 4.79 Å². The molecule has 1 aromatic carbocycles. The summed E-state index contributed by atoms with van der Waals surface area (Å²) in [4.78, 5) is 10.8. The first-order valence-electron chi connectivity index (χ1n) is 6.95. The molecule has 1 atom stereocenters. The minimum atomic E-state index is 0.0269. The smallest absolute Gasteiger partial charge is 0.216 e. The minimum Gasteiger partial charge on any atom is -0.355 e. The van der Waals surface area contributed by atoms with Crippen molar-refractivity contribution in [1.29, 1.82) is 0 Å². The van der Waals surface area contributed by atoms with Crippen LogP contribution in [0.4, 0.5) is 0 Å². The van der Waals surface area contributed by atoms with Gasteiger partial charge in [-0.2, -0.15) is 0 Å². The van der Waals surface area contributed by atoms with Gasteiger partial charge in [0.2, 0.25) is 5.91 Å². The highest BCUT2D eigenvalue weighted by Gasteiger charge is 2.22. The average molecular weight is 262 g/mol. The molecule has 19 heavy (non-hydrogen) atoms. The molecule has 3 heteroatoms. The van der Waals surface area contributed by atoms with Crippen molar-refractivity contribution in [2.45, 2.75) is 45.6 Å². The van der Waals surface area contributed by atoms with Crippen molar-refractivity contribution in [2.24, 2.45) is 0 Å². The predicted molar refractivity (Wildman–Crippen MR) is 80.2 cm³/mol. The van der Waals surface area contributed by atoms with Crippen molar-refractivity contribution in [3.8, 4) is 0 Å². The van der Waals surface area contributed by atoms with Gasteiger partial charge in [0.05, 0.1) is 0 Å². The number of hydrogen-bond acceptors (Lipinski definition) is 2. The summed E-state index contributed by atoms with van der Waals surface area (Å²) in [6.45, 7) is 9.78. The zero-order valence-corrected chi connectivity index (χ0v) is 12.5. The van der Waals surface area contributed by atoms with Crippen molar-refractivity contribution in [2.75, 3.05) is 13.1 Å². The highest BCUT2D eigenvalue weighted by atomic mass is 16.1. The monoisotopic (exact) mass is 262 g/mol.